The molecule has 0 aliphatic heterocycles. The Labute approximate surface area is 236 Å². The molecule has 2 aromatic carbocycles. The first-order valence-corrected chi connectivity index (χ1v) is 13.0. The quantitative estimate of drug-likeness (QED) is 0.190. The summed E-state index contributed by atoms with van der Waals surface area (Å²) in [5, 5.41) is 5.83. The maximum absolute atomic E-state index is 12.7. The van der Waals surface area contributed by atoms with E-state index in [0.717, 1.165) is 16.8 Å². The Morgan fingerprint density at radius 1 is 1.10 bits per heavy atom. The van der Waals surface area contributed by atoms with Crippen molar-refractivity contribution in [1.82, 2.24) is 5.32 Å². The van der Waals surface area contributed by atoms with Crippen LogP contribution in [0, 0.1) is 18.8 Å². The van der Waals surface area contributed by atoms with Gasteiger partial charge in [0.15, 0.2) is 0 Å². The van der Waals surface area contributed by atoms with E-state index < -0.39 is 17.7 Å². The third-order valence-corrected chi connectivity index (χ3v) is 5.30. The Kier molecular flexibility index (Phi) is 11.6. The zero-order valence-corrected chi connectivity index (χ0v) is 24.3. The van der Waals surface area contributed by atoms with Crippen LogP contribution in [0.3, 0.4) is 0 Å². The summed E-state index contributed by atoms with van der Waals surface area (Å²) >= 11 is 0. The van der Waals surface area contributed by atoms with Gasteiger partial charge in [-0.2, -0.15) is 4.99 Å². The molecule has 0 spiro atoms. The van der Waals surface area contributed by atoms with Gasteiger partial charge in [0.05, 0.1) is 13.2 Å². The van der Waals surface area contributed by atoms with Crippen molar-refractivity contribution in [2.24, 2.45) is 10.7 Å². The SMILES string of the molecule is CCOC(=O)CNC(=O)N(c1ccc(C#CCNc2ccc(/C(N)=N\C(=O)OC(C)(C)C)cc2)c(C)c1)C(C)C. The molecule has 3 amide bonds. The number of carbonyl (C=O) groups excluding carboxylic acids is 3. The first-order chi connectivity index (χ1) is 18.8. The van der Waals surface area contributed by atoms with E-state index in [0.29, 0.717) is 17.8 Å². The standard InChI is InChI=1S/C30H39N5O5/c1-8-39-26(36)19-33-28(37)35(20(2)3)25-16-13-22(21(4)18-25)10-9-17-32-24-14-11-23(12-15-24)27(31)34-29(38)40-30(5,6)7/h11-16,18,20,32H,8,17,19H2,1-7H3,(H,33,37)(H2,31,34,38). The lowest BCUT2D eigenvalue weighted by atomic mass is 10.1. The number of ether oxygens (including phenoxy) is 2. The minimum absolute atomic E-state index is 0.0759. The molecule has 0 fully saturated rings. The molecule has 214 valence electrons. The van der Waals surface area contributed by atoms with Crippen LogP contribution in [-0.2, 0) is 14.3 Å². The molecule has 0 radical (unpaired) electrons. The fourth-order valence-corrected chi connectivity index (χ4v) is 3.52. The zero-order chi connectivity index (χ0) is 29.9. The van der Waals surface area contributed by atoms with Gasteiger partial charge in [-0.05, 0) is 96.5 Å². The molecular weight excluding hydrogens is 510 g/mol. The Morgan fingerprint density at radius 2 is 1.77 bits per heavy atom. The number of esters is 1. The number of amides is 3. The predicted molar refractivity (Wildman–Crippen MR) is 158 cm³/mol. The van der Waals surface area contributed by atoms with Crippen LogP contribution in [0.25, 0.3) is 0 Å². The number of anilines is 2. The van der Waals surface area contributed by atoms with E-state index in [1.165, 1.54) is 0 Å². The minimum Gasteiger partial charge on any atom is -0.465 e. The van der Waals surface area contributed by atoms with Crippen molar-refractivity contribution in [3.8, 4) is 11.8 Å². The molecule has 4 N–H and O–H groups in total. The van der Waals surface area contributed by atoms with E-state index in [4.69, 9.17) is 15.2 Å². The molecule has 0 saturated carbocycles. The van der Waals surface area contributed by atoms with Crippen LogP contribution in [0.4, 0.5) is 21.0 Å². The second-order valence-electron chi connectivity index (χ2n) is 10.1. The summed E-state index contributed by atoms with van der Waals surface area (Å²) in [4.78, 5) is 41.6. The highest BCUT2D eigenvalue weighted by Gasteiger charge is 2.20. The average molecular weight is 550 g/mol. The average Bonchev–Trinajstić information content (AvgIpc) is 2.85. The van der Waals surface area contributed by atoms with E-state index in [-0.39, 0.29) is 31.1 Å². The number of hydrogen-bond donors (Lipinski definition) is 3. The van der Waals surface area contributed by atoms with Gasteiger partial charge in [0.1, 0.15) is 18.0 Å². The summed E-state index contributed by atoms with van der Waals surface area (Å²) in [6.07, 6.45) is -0.736. The molecule has 0 saturated heterocycles. The molecule has 0 aromatic heterocycles. The van der Waals surface area contributed by atoms with Crippen molar-refractivity contribution in [3.63, 3.8) is 0 Å². The molecule has 40 heavy (non-hydrogen) atoms. The number of aryl methyl sites for hydroxylation is 1. The maximum Gasteiger partial charge on any atom is 0.436 e. The minimum atomic E-state index is -0.736. The summed E-state index contributed by atoms with van der Waals surface area (Å²) in [6.45, 7) is 13.2. The topological polar surface area (TPSA) is 135 Å². The number of carbonyl (C=O) groups is 3. The predicted octanol–water partition coefficient (Wildman–Crippen LogP) is 4.59. The smallest absolute Gasteiger partial charge is 0.436 e. The van der Waals surface area contributed by atoms with Crippen molar-refractivity contribution >= 4 is 35.3 Å². The summed E-state index contributed by atoms with van der Waals surface area (Å²) in [5.74, 6) is 5.84. The molecule has 10 heteroatoms. The van der Waals surface area contributed by atoms with Crippen molar-refractivity contribution in [3.05, 3.63) is 59.2 Å². The zero-order valence-electron chi connectivity index (χ0n) is 24.3. The lowest BCUT2D eigenvalue weighted by Gasteiger charge is -2.27. The Hall–Kier alpha value is -4.52. The summed E-state index contributed by atoms with van der Waals surface area (Å²) < 4.78 is 10.0. The van der Waals surface area contributed by atoms with Gasteiger partial charge in [0, 0.05) is 28.5 Å². The largest absolute Gasteiger partial charge is 0.465 e. The first-order valence-electron chi connectivity index (χ1n) is 13.0. The fraction of sp³-hybridized carbons (Fsp3) is 0.400. The lowest BCUT2D eigenvalue weighted by Crippen LogP contribution is -2.46. The number of rotatable bonds is 8. The summed E-state index contributed by atoms with van der Waals surface area (Å²) in [6, 6.07) is 12.2. The van der Waals surface area contributed by atoms with Gasteiger partial charge in [-0.3, -0.25) is 9.69 Å². The molecule has 2 aromatic rings. The highest BCUT2D eigenvalue weighted by atomic mass is 16.6. The Morgan fingerprint density at radius 3 is 2.35 bits per heavy atom. The Bertz CT molecular complexity index is 1280. The second-order valence-corrected chi connectivity index (χ2v) is 10.1. The van der Waals surface area contributed by atoms with Gasteiger partial charge >= 0.3 is 18.1 Å². The third-order valence-electron chi connectivity index (χ3n) is 5.30. The molecule has 0 bridgehead atoms. The number of benzene rings is 2. The van der Waals surface area contributed by atoms with Gasteiger partial charge < -0.3 is 25.8 Å². The molecule has 0 aliphatic carbocycles. The van der Waals surface area contributed by atoms with E-state index in [1.54, 1.807) is 44.7 Å². The molecule has 0 heterocycles. The number of urea groups is 1. The fourth-order valence-electron chi connectivity index (χ4n) is 3.52. The second kappa shape index (κ2) is 14.6. The number of nitrogens with two attached hydrogens (primary N) is 1. The van der Waals surface area contributed by atoms with Gasteiger partial charge in [-0.25, -0.2) is 9.59 Å². The number of amidine groups is 1. The maximum atomic E-state index is 12.7. The Balaban J connectivity index is 2.00. The third kappa shape index (κ3) is 10.3. The van der Waals surface area contributed by atoms with Gasteiger partial charge in [0.25, 0.3) is 0 Å². The van der Waals surface area contributed by atoms with Crippen LogP contribution in [-0.4, -0.2) is 55.3 Å². The van der Waals surface area contributed by atoms with Crippen LogP contribution in [0.2, 0.25) is 0 Å². The normalized spacial score (nSPS) is 11.2. The number of nitrogens with one attached hydrogen (secondary N) is 2. The van der Waals surface area contributed by atoms with Crippen LogP contribution in [0.15, 0.2) is 47.5 Å². The van der Waals surface area contributed by atoms with Gasteiger partial charge in [0.2, 0.25) is 0 Å². The molecule has 0 unspecified atom stereocenters. The molecule has 2 rings (SSSR count). The summed E-state index contributed by atoms with van der Waals surface area (Å²) in [7, 11) is 0. The monoisotopic (exact) mass is 549 g/mol. The van der Waals surface area contributed by atoms with Crippen molar-refractivity contribution in [2.45, 2.75) is 60.1 Å². The molecule has 0 aliphatic rings. The highest BCUT2D eigenvalue weighted by molar-refractivity contribution is 6.03. The molecular formula is C30H39N5O5. The number of nitrogens with zero attached hydrogens (tertiary/aromatic N) is 2. The van der Waals surface area contributed by atoms with Crippen LogP contribution in [0.1, 0.15) is 58.2 Å². The van der Waals surface area contributed by atoms with E-state index in [9.17, 15) is 14.4 Å². The summed E-state index contributed by atoms with van der Waals surface area (Å²) in [5.41, 5.74) is 9.16. The van der Waals surface area contributed by atoms with Crippen molar-refractivity contribution in [2.75, 3.05) is 29.9 Å². The number of aliphatic imine (C=N–C) groups is 1. The van der Waals surface area contributed by atoms with E-state index >= 15 is 0 Å². The molecule has 10 nitrogen and oxygen atoms in total. The number of hydrogen-bond acceptors (Lipinski definition) is 6. The van der Waals surface area contributed by atoms with Gasteiger partial charge in [-0.1, -0.05) is 11.8 Å². The molecule has 0 atom stereocenters. The highest BCUT2D eigenvalue weighted by Crippen LogP contribution is 2.21. The van der Waals surface area contributed by atoms with E-state index in [1.807, 2.05) is 51.1 Å². The van der Waals surface area contributed by atoms with Gasteiger partial charge in [-0.15, -0.1) is 0 Å². The van der Waals surface area contributed by atoms with Crippen molar-refractivity contribution in [1.29, 1.82) is 0 Å². The van der Waals surface area contributed by atoms with Crippen molar-refractivity contribution < 1.29 is 23.9 Å². The first kappa shape index (κ1) is 31.7. The van der Waals surface area contributed by atoms with E-state index in [2.05, 4.69) is 27.5 Å². The van der Waals surface area contributed by atoms with Crippen LogP contribution >= 0.6 is 0 Å². The van der Waals surface area contributed by atoms with Crippen LogP contribution in [0.5, 0.6) is 0 Å². The lowest BCUT2D eigenvalue weighted by molar-refractivity contribution is -0.141. The van der Waals surface area contributed by atoms with Crippen LogP contribution < -0.4 is 21.3 Å².